The molecule has 0 spiro atoms. The van der Waals surface area contributed by atoms with E-state index < -0.39 is 0 Å². The fraction of sp³-hybridized carbons (Fsp3) is 0.562. The molecule has 0 N–H and O–H groups in total. The first-order chi connectivity index (χ1) is 10.4. The lowest BCUT2D eigenvalue weighted by Crippen LogP contribution is -2.46. The summed E-state index contributed by atoms with van der Waals surface area (Å²) < 4.78 is 12.7. The lowest BCUT2D eigenvalue weighted by atomic mass is 10.0. The maximum absolute atomic E-state index is 5.74. The molecule has 0 unspecified atom stereocenters. The van der Waals surface area contributed by atoms with Gasteiger partial charge in [-0.25, -0.2) is 4.98 Å². The maximum Gasteiger partial charge on any atom is 0.173 e. The fourth-order valence-electron chi connectivity index (χ4n) is 3.28. The molecule has 2 aliphatic rings. The number of nitrogens with zero attached hydrogens (tertiary/aromatic N) is 2. The Kier molecular flexibility index (Phi) is 3.90. The van der Waals surface area contributed by atoms with E-state index in [0.717, 1.165) is 38.2 Å². The highest BCUT2D eigenvalue weighted by molar-refractivity contribution is 7.18. The Balaban J connectivity index is 1.53. The number of aromatic nitrogens is 1. The average Bonchev–Trinajstić information content (AvgIpc) is 3.16. The summed E-state index contributed by atoms with van der Waals surface area (Å²) in [6.45, 7) is 3.49. The standard InChI is InChI=1S/C16H20N2O2S/c1-2-7-14-12(5-1)17-15(21-14)11-18-8-4-3-6-13(18)16-19-9-10-20-16/h1-2,5,7,13,16H,3-4,6,8-11H2/t13-/m0/s1. The second-order valence-electron chi connectivity index (χ2n) is 5.72. The van der Waals surface area contributed by atoms with Crippen LogP contribution in [0.3, 0.4) is 0 Å². The molecule has 1 aromatic carbocycles. The molecule has 2 aromatic rings. The van der Waals surface area contributed by atoms with Gasteiger partial charge in [-0.1, -0.05) is 18.6 Å². The van der Waals surface area contributed by atoms with Crippen LogP contribution in [0.4, 0.5) is 0 Å². The molecule has 112 valence electrons. The van der Waals surface area contributed by atoms with Gasteiger partial charge in [-0.2, -0.15) is 0 Å². The molecule has 3 heterocycles. The summed E-state index contributed by atoms with van der Waals surface area (Å²) in [5.74, 6) is 0. The van der Waals surface area contributed by atoms with E-state index >= 15 is 0 Å². The normalized spacial score (nSPS) is 24.9. The summed E-state index contributed by atoms with van der Waals surface area (Å²) in [4.78, 5) is 7.26. The number of fused-ring (bicyclic) bond motifs is 1. The lowest BCUT2D eigenvalue weighted by molar-refractivity contribution is -0.111. The Morgan fingerprint density at radius 1 is 1.19 bits per heavy atom. The van der Waals surface area contributed by atoms with Gasteiger partial charge in [0.2, 0.25) is 0 Å². The van der Waals surface area contributed by atoms with E-state index in [1.807, 2.05) is 0 Å². The zero-order valence-corrected chi connectivity index (χ0v) is 12.8. The Hall–Kier alpha value is -1.01. The summed E-state index contributed by atoms with van der Waals surface area (Å²) in [7, 11) is 0. The largest absolute Gasteiger partial charge is 0.349 e. The van der Waals surface area contributed by atoms with E-state index in [9.17, 15) is 0 Å². The SMILES string of the molecule is c1ccc2sc(CN3CCCC[C@H]3C3OCCO3)nc2c1. The van der Waals surface area contributed by atoms with Crippen LogP contribution in [0.2, 0.25) is 0 Å². The van der Waals surface area contributed by atoms with Crippen LogP contribution >= 0.6 is 11.3 Å². The van der Waals surface area contributed by atoms with E-state index in [-0.39, 0.29) is 6.29 Å². The van der Waals surface area contributed by atoms with Gasteiger partial charge in [0.05, 0.1) is 36.0 Å². The van der Waals surface area contributed by atoms with E-state index in [0.29, 0.717) is 6.04 Å². The zero-order valence-electron chi connectivity index (χ0n) is 12.0. The molecule has 21 heavy (non-hydrogen) atoms. The first-order valence-electron chi connectivity index (χ1n) is 7.72. The Labute approximate surface area is 128 Å². The highest BCUT2D eigenvalue weighted by atomic mass is 32.1. The second-order valence-corrected chi connectivity index (χ2v) is 6.83. The van der Waals surface area contributed by atoms with Gasteiger partial charge < -0.3 is 9.47 Å². The first kappa shape index (κ1) is 13.6. The molecule has 0 amide bonds. The predicted octanol–water partition coefficient (Wildman–Crippen LogP) is 3.02. The van der Waals surface area contributed by atoms with Crippen molar-refractivity contribution in [2.75, 3.05) is 19.8 Å². The minimum atomic E-state index is -0.0420. The number of hydrogen-bond donors (Lipinski definition) is 0. The third-order valence-corrected chi connectivity index (χ3v) is 5.32. The number of benzene rings is 1. The quantitative estimate of drug-likeness (QED) is 0.873. The number of likely N-dealkylation sites (tertiary alicyclic amines) is 1. The van der Waals surface area contributed by atoms with Crippen LogP contribution in [0.25, 0.3) is 10.2 Å². The number of piperidine rings is 1. The Bertz CT molecular complexity index is 576. The molecule has 5 heteroatoms. The van der Waals surface area contributed by atoms with Crippen LogP contribution in [0.1, 0.15) is 24.3 Å². The summed E-state index contributed by atoms with van der Waals surface area (Å²) in [6.07, 6.45) is 3.65. The van der Waals surface area contributed by atoms with Crippen molar-refractivity contribution in [3.63, 3.8) is 0 Å². The number of hydrogen-bond acceptors (Lipinski definition) is 5. The van der Waals surface area contributed by atoms with Crippen molar-refractivity contribution in [2.45, 2.75) is 38.1 Å². The van der Waals surface area contributed by atoms with Crippen molar-refractivity contribution in [3.8, 4) is 0 Å². The van der Waals surface area contributed by atoms with Crippen LogP contribution in [-0.2, 0) is 16.0 Å². The number of rotatable bonds is 3. The van der Waals surface area contributed by atoms with Crippen molar-refractivity contribution >= 4 is 21.6 Å². The van der Waals surface area contributed by atoms with Gasteiger partial charge in [-0.15, -0.1) is 11.3 Å². The Morgan fingerprint density at radius 2 is 2.05 bits per heavy atom. The van der Waals surface area contributed by atoms with Crippen molar-refractivity contribution in [1.29, 1.82) is 0 Å². The molecule has 0 radical (unpaired) electrons. The van der Waals surface area contributed by atoms with Gasteiger partial charge in [-0.05, 0) is 31.5 Å². The summed E-state index contributed by atoms with van der Waals surface area (Å²) in [5.41, 5.74) is 1.11. The molecule has 2 fully saturated rings. The third-order valence-electron chi connectivity index (χ3n) is 4.30. The first-order valence-corrected chi connectivity index (χ1v) is 8.53. The van der Waals surface area contributed by atoms with E-state index in [2.05, 4.69) is 29.2 Å². The van der Waals surface area contributed by atoms with Crippen molar-refractivity contribution in [3.05, 3.63) is 29.3 Å². The number of para-hydroxylation sites is 1. The number of ether oxygens (including phenoxy) is 2. The molecule has 1 aromatic heterocycles. The van der Waals surface area contributed by atoms with E-state index in [4.69, 9.17) is 14.5 Å². The van der Waals surface area contributed by atoms with Gasteiger partial charge in [0.1, 0.15) is 5.01 Å². The van der Waals surface area contributed by atoms with Gasteiger partial charge in [-0.3, -0.25) is 4.90 Å². The fourth-order valence-corrected chi connectivity index (χ4v) is 4.27. The van der Waals surface area contributed by atoms with Crippen LogP contribution < -0.4 is 0 Å². The van der Waals surface area contributed by atoms with Gasteiger partial charge >= 0.3 is 0 Å². The maximum atomic E-state index is 5.74. The molecule has 0 aliphatic carbocycles. The summed E-state index contributed by atoms with van der Waals surface area (Å²) in [5, 5.41) is 1.20. The van der Waals surface area contributed by atoms with Crippen molar-refractivity contribution in [2.24, 2.45) is 0 Å². The van der Waals surface area contributed by atoms with Gasteiger partial charge in [0.15, 0.2) is 6.29 Å². The highest BCUT2D eigenvalue weighted by Gasteiger charge is 2.33. The molecular formula is C16H20N2O2S. The van der Waals surface area contributed by atoms with E-state index in [1.165, 1.54) is 22.5 Å². The molecule has 4 nitrogen and oxygen atoms in total. The lowest BCUT2D eigenvalue weighted by Gasteiger charge is -2.37. The average molecular weight is 304 g/mol. The summed E-state index contributed by atoms with van der Waals surface area (Å²) >= 11 is 1.80. The second kappa shape index (κ2) is 6.01. The van der Waals surface area contributed by atoms with Gasteiger partial charge in [0, 0.05) is 0 Å². The molecule has 2 saturated heterocycles. The molecule has 0 saturated carbocycles. The minimum Gasteiger partial charge on any atom is -0.349 e. The molecule has 4 rings (SSSR count). The smallest absolute Gasteiger partial charge is 0.173 e. The number of thiazole rings is 1. The molecule has 2 aliphatic heterocycles. The van der Waals surface area contributed by atoms with Gasteiger partial charge in [0.25, 0.3) is 0 Å². The van der Waals surface area contributed by atoms with Crippen molar-refractivity contribution < 1.29 is 9.47 Å². The Morgan fingerprint density at radius 3 is 2.90 bits per heavy atom. The molecular weight excluding hydrogens is 284 g/mol. The van der Waals surface area contributed by atoms with Crippen LogP contribution in [0, 0.1) is 0 Å². The molecule has 1 atom stereocenters. The van der Waals surface area contributed by atoms with Crippen LogP contribution in [0.5, 0.6) is 0 Å². The van der Waals surface area contributed by atoms with Crippen molar-refractivity contribution in [1.82, 2.24) is 9.88 Å². The zero-order chi connectivity index (χ0) is 14.1. The monoisotopic (exact) mass is 304 g/mol. The summed E-state index contributed by atoms with van der Waals surface area (Å²) in [6, 6.07) is 8.75. The minimum absolute atomic E-state index is 0.0420. The third kappa shape index (κ3) is 2.83. The predicted molar refractivity (Wildman–Crippen MR) is 83.4 cm³/mol. The topological polar surface area (TPSA) is 34.6 Å². The molecule has 0 bridgehead atoms. The van der Waals surface area contributed by atoms with Crippen LogP contribution in [-0.4, -0.2) is 42.0 Å². The van der Waals surface area contributed by atoms with E-state index in [1.54, 1.807) is 11.3 Å². The van der Waals surface area contributed by atoms with Crippen LogP contribution in [0.15, 0.2) is 24.3 Å². The highest BCUT2D eigenvalue weighted by Crippen LogP contribution is 2.28.